The Morgan fingerprint density at radius 3 is 2.70 bits per heavy atom. The van der Waals surface area contributed by atoms with Gasteiger partial charge in [-0.25, -0.2) is 4.99 Å². The fourth-order valence-electron chi connectivity index (χ4n) is 2.39. The van der Waals surface area contributed by atoms with Crippen molar-refractivity contribution in [1.29, 1.82) is 0 Å². The molecule has 0 bridgehead atoms. The molecule has 144 valence electrons. The number of anilines is 1. The zero-order valence-electron chi connectivity index (χ0n) is 16.3. The maximum Gasteiger partial charge on any atom is 0.227 e. The zero-order valence-corrected chi connectivity index (χ0v) is 16.3. The first-order valence-electron chi connectivity index (χ1n) is 9.44. The average Bonchev–Trinajstić information content (AvgIpc) is 2.70. The molecule has 2 rings (SSSR count). The number of pyridine rings is 1. The molecule has 0 fully saturated rings. The molecule has 6 heteroatoms. The molecule has 1 aromatic carbocycles. The molecular formula is C21H29N5O. The number of hydrogen-bond acceptors (Lipinski definition) is 3. The van der Waals surface area contributed by atoms with Crippen molar-refractivity contribution in [2.24, 2.45) is 10.9 Å². The average molecular weight is 367 g/mol. The minimum atomic E-state index is 0.00262. The Labute approximate surface area is 161 Å². The van der Waals surface area contributed by atoms with E-state index in [-0.39, 0.29) is 11.8 Å². The SMILES string of the molecule is CCNC(=NCc1cccc(NC(=O)C(C)CC)c1)NCc1ccccn1. The molecule has 0 aliphatic carbocycles. The maximum absolute atomic E-state index is 12.1. The van der Waals surface area contributed by atoms with E-state index in [1.54, 1.807) is 6.20 Å². The lowest BCUT2D eigenvalue weighted by molar-refractivity contribution is -0.119. The highest BCUT2D eigenvalue weighted by Crippen LogP contribution is 2.13. The summed E-state index contributed by atoms with van der Waals surface area (Å²) in [5.41, 5.74) is 2.80. The second-order valence-corrected chi connectivity index (χ2v) is 6.37. The van der Waals surface area contributed by atoms with Crippen LogP contribution in [0.2, 0.25) is 0 Å². The van der Waals surface area contributed by atoms with Gasteiger partial charge in [0.05, 0.1) is 18.8 Å². The molecule has 1 unspecified atom stereocenters. The van der Waals surface area contributed by atoms with E-state index >= 15 is 0 Å². The number of hydrogen-bond donors (Lipinski definition) is 3. The number of benzene rings is 1. The van der Waals surface area contributed by atoms with Crippen LogP contribution in [0.3, 0.4) is 0 Å². The molecule has 1 heterocycles. The summed E-state index contributed by atoms with van der Waals surface area (Å²) in [6.07, 6.45) is 2.60. The van der Waals surface area contributed by atoms with E-state index in [4.69, 9.17) is 0 Å². The van der Waals surface area contributed by atoms with Crippen LogP contribution < -0.4 is 16.0 Å². The summed E-state index contributed by atoms with van der Waals surface area (Å²) in [6.45, 7) is 7.87. The van der Waals surface area contributed by atoms with Gasteiger partial charge in [0.15, 0.2) is 5.96 Å². The van der Waals surface area contributed by atoms with Gasteiger partial charge >= 0.3 is 0 Å². The Morgan fingerprint density at radius 2 is 2.00 bits per heavy atom. The van der Waals surface area contributed by atoms with Crippen molar-refractivity contribution in [2.45, 2.75) is 40.3 Å². The highest BCUT2D eigenvalue weighted by atomic mass is 16.1. The Bertz CT molecular complexity index is 745. The van der Waals surface area contributed by atoms with E-state index in [1.165, 1.54) is 0 Å². The molecule has 0 aliphatic rings. The van der Waals surface area contributed by atoms with E-state index < -0.39 is 0 Å². The first-order valence-corrected chi connectivity index (χ1v) is 9.44. The molecule has 27 heavy (non-hydrogen) atoms. The van der Waals surface area contributed by atoms with Gasteiger partial charge in [0, 0.05) is 24.3 Å². The molecule has 0 radical (unpaired) electrons. The van der Waals surface area contributed by atoms with Crippen LogP contribution in [0.4, 0.5) is 5.69 Å². The van der Waals surface area contributed by atoms with Crippen LogP contribution in [0.25, 0.3) is 0 Å². The smallest absolute Gasteiger partial charge is 0.227 e. The third-order valence-electron chi connectivity index (χ3n) is 4.18. The number of carbonyl (C=O) groups is 1. The van der Waals surface area contributed by atoms with Crippen LogP contribution >= 0.6 is 0 Å². The predicted molar refractivity (Wildman–Crippen MR) is 110 cm³/mol. The van der Waals surface area contributed by atoms with Gasteiger partial charge in [-0.15, -0.1) is 0 Å². The Balaban J connectivity index is 1.98. The van der Waals surface area contributed by atoms with Gasteiger partial charge < -0.3 is 16.0 Å². The monoisotopic (exact) mass is 367 g/mol. The fourth-order valence-corrected chi connectivity index (χ4v) is 2.39. The standard InChI is InChI=1S/C21H29N5O/c1-4-16(3)20(27)26-18-11-8-9-17(13-18)14-24-21(22-5-2)25-15-19-10-6-7-12-23-19/h6-13,16H,4-5,14-15H2,1-3H3,(H,26,27)(H2,22,24,25). The van der Waals surface area contributed by atoms with Crippen molar-refractivity contribution in [3.63, 3.8) is 0 Å². The fraction of sp³-hybridized carbons (Fsp3) is 0.381. The summed E-state index contributed by atoms with van der Waals surface area (Å²) in [4.78, 5) is 21.0. The summed E-state index contributed by atoms with van der Waals surface area (Å²) >= 11 is 0. The van der Waals surface area contributed by atoms with E-state index in [2.05, 4.69) is 25.9 Å². The lowest BCUT2D eigenvalue weighted by Gasteiger charge is -2.12. The molecule has 0 aliphatic heterocycles. The molecule has 6 nitrogen and oxygen atoms in total. The van der Waals surface area contributed by atoms with Gasteiger partial charge in [-0.3, -0.25) is 9.78 Å². The third kappa shape index (κ3) is 7.09. The minimum absolute atomic E-state index is 0.00262. The molecule has 1 amide bonds. The van der Waals surface area contributed by atoms with Crippen molar-refractivity contribution in [3.05, 3.63) is 59.9 Å². The summed E-state index contributed by atoms with van der Waals surface area (Å²) in [6, 6.07) is 13.6. The summed E-state index contributed by atoms with van der Waals surface area (Å²) in [7, 11) is 0. The van der Waals surface area contributed by atoms with Gasteiger partial charge in [-0.1, -0.05) is 32.0 Å². The number of aromatic nitrogens is 1. The largest absolute Gasteiger partial charge is 0.357 e. The minimum Gasteiger partial charge on any atom is -0.357 e. The first kappa shape index (κ1) is 20.4. The number of aliphatic imine (C=N–C) groups is 1. The number of carbonyl (C=O) groups excluding carboxylic acids is 1. The van der Waals surface area contributed by atoms with E-state index in [9.17, 15) is 4.79 Å². The Hall–Kier alpha value is -2.89. The second kappa shape index (κ2) is 11.0. The lowest BCUT2D eigenvalue weighted by Crippen LogP contribution is -2.37. The van der Waals surface area contributed by atoms with E-state index in [0.29, 0.717) is 13.1 Å². The Kier molecular flexibility index (Phi) is 8.29. The molecular weight excluding hydrogens is 338 g/mol. The molecule has 1 aromatic heterocycles. The third-order valence-corrected chi connectivity index (χ3v) is 4.18. The van der Waals surface area contributed by atoms with Crippen LogP contribution in [-0.2, 0) is 17.9 Å². The van der Waals surface area contributed by atoms with Crippen LogP contribution in [0.1, 0.15) is 38.4 Å². The number of nitrogens with zero attached hydrogens (tertiary/aromatic N) is 2. The second-order valence-electron chi connectivity index (χ2n) is 6.37. The van der Waals surface area contributed by atoms with Crippen molar-refractivity contribution in [1.82, 2.24) is 15.6 Å². The molecule has 3 N–H and O–H groups in total. The number of rotatable bonds is 8. The molecule has 1 atom stereocenters. The van der Waals surface area contributed by atoms with Crippen molar-refractivity contribution >= 4 is 17.6 Å². The molecule has 0 spiro atoms. The maximum atomic E-state index is 12.1. The van der Waals surface area contributed by atoms with Gasteiger partial charge in [0.2, 0.25) is 5.91 Å². The first-order chi connectivity index (χ1) is 13.1. The number of nitrogens with one attached hydrogen (secondary N) is 3. The van der Waals surface area contributed by atoms with Crippen LogP contribution in [0, 0.1) is 5.92 Å². The summed E-state index contributed by atoms with van der Waals surface area (Å²) in [5.74, 6) is 0.781. The van der Waals surface area contributed by atoms with E-state index in [1.807, 2.05) is 63.2 Å². The van der Waals surface area contributed by atoms with Crippen molar-refractivity contribution in [3.8, 4) is 0 Å². The highest BCUT2D eigenvalue weighted by Gasteiger charge is 2.10. The number of amides is 1. The van der Waals surface area contributed by atoms with Gasteiger partial charge in [-0.05, 0) is 43.2 Å². The summed E-state index contributed by atoms with van der Waals surface area (Å²) in [5, 5.41) is 9.48. The van der Waals surface area contributed by atoms with Crippen LogP contribution in [0.5, 0.6) is 0 Å². The van der Waals surface area contributed by atoms with Crippen LogP contribution in [-0.4, -0.2) is 23.4 Å². The molecule has 2 aromatic rings. The normalized spacial score (nSPS) is 12.3. The molecule has 0 saturated heterocycles. The van der Waals surface area contributed by atoms with Crippen LogP contribution in [0.15, 0.2) is 53.7 Å². The molecule has 0 saturated carbocycles. The predicted octanol–water partition coefficient (Wildman–Crippen LogP) is 3.32. The van der Waals surface area contributed by atoms with Crippen molar-refractivity contribution in [2.75, 3.05) is 11.9 Å². The van der Waals surface area contributed by atoms with Crippen molar-refractivity contribution < 1.29 is 4.79 Å². The van der Waals surface area contributed by atoms with Gasteiger partial charge in [0.25, 0.3) is 0 Å². The Morgan fingerprint density at radius 1 is 1.15 bits per heavy atom. The summed E-state index contributed by atoms with van der Waals surface area (Å²) < 4.78 is 0. The van der Waals surface area contributed by atoms with Gasteiger partial charge in [-0.2, -0.15) is 0 Å². The zero-order chi connectivity index (χ0) is 19.5. The topological polar surface area (TPSA) is 78.4 Å². The van der Waals surface area contributed by atoms with E-state index in [0.717, 1.165) is 35.9 Å². The highest BCUT2D eigenvalue weighted by molar-refractivity contribution is 5.92. The lowest BCUT2D eigenvalue weighted by atomic mass is 10.1. The van der Waals surface area contributed by atoms with Gasteiger partial charge in [0.1, 0.15) is 0 Å². The number of guanidine groups is 1. The quantitative estimate of drug-likeness (QED) is 0.494.